The minimum Gasteiger partial charge on any atom is -0.479 e. The van der Waals surface area contributed by atoms with E-state index in [-0.39, 0.29) is 22.7 Å². The number of fused-ring (bicyclic) bond motifs is 5. The molecule has 0 aromatic carbocycles. The van der Waals surface area contributed by atoms with E-state index in [0.717, 1.165) is 38.5 Å². The van der Waals surface area contributed by atoms with Crippen LogP contribution >= 0.6 is 0 Å². The van der Waals surface area contributed by atoms with Crippen LogP contribution in [0.3, 0.4) is 0 Å². The average Bonchev–Trinajstić information content (AvgIpc) is 3.11. The molecule has 0 radical (unpaired) electrons. The predicted molar refractivity (Wildman–Crippen MR) is 120 cm³/mol. The molecule has 4 N–H and O–H groups in total. The molecule has 1 heterocycles. The Kier molecular flexibility index (Phi) is 6.00. The molecule has 0 aromatic heterocycles. The fourth-order valence-corrected chi connectivity index (χ4v) is 8.56. The van der Waals surface area contributed by atoms with E-state index in [9.17, 15) is 30.0 Å². The number of hydrogen-bond donors (Lipinski definition) is 4. The van der Waals surface area contributed by atoms with E-state index in [1.54, 1.807) is 0 Å². The maximum atomic E-state index is 12.2. The molecule has 34 heavy (non-hydrogen) atoms. The average molecular weight is 479 g/mol. The van der Waals surface area contributed by atoms with Crippen molar-refractivity contribution in [1.82, 2.24) is 0 Å². The van der Waals surface area contributed by atoms with Crippen molar-refractivity contribution in [1.29, 1.82) is 0 Å². The second kappa shape index (κ2) is 8.37. The zero-order valence-electron chi connectivity index (χ0n) is 20.2. The largest absolute Gasteiger partial charge is 0.479 e. The Morgan fingerprint density at radius 2 is 1.76 bits per heavy atom. The topological polar surface area (TPSA) is 134 Å². The first-order valence-electron chi connectivity index (χ1n) is 12.8. The number of ketones is 1. The molecule has 190 valence electrons. The summed E-state index contributed by atoms with van der Waals surface area (Å²) >= 11 is 0. The number of carbonyl (C=O) groups is 2. The summed E-state index contributed by atoms with van der Waals surface area (Å²) in [6, 6.07) is 0. The van der Waals surface area contributed by atoms with E-state index in [1.165, 1.54) is 5.57 Å². The fourth-order valence-electron chi connectivity index (χ4n) is 8.56. The van der Waals surface area contributed by atoms with Gasteiger partial charge in [-0.2, -0.15) is 0 Å². The zero-order valence-corrected chi connectivity index (χ0v) is 20.2. The summed E-state index contributed by atoms with van der Waals surface area (Å²) in [4.78, 5) is 23.7. The summed E-state index contributed by atoms with van der Waals surface area (Å²) in [6.07, 6.45) is 0.356. The van der Waals surface area contributed by atoms with Gasteiger partial charge in [0.05, 0.1) is 6.10 Å². The van der Waals surface area contributed by atoms with Gasteiger partial charge in [0.1, 0.15) is 18.3 Å². The predicted octanol–water partition coefficient (Wildman–Crippen LogP) is 2.04. The van der Waals surface area contributed by atoms with Crippen molar-refractivity contribution in [2.75, 3.05) is 0 Å². The van der Waals surface area contributed by atoms with Gasteiger partial charge in [-0.1, -0.05) is 19.4 Å². The van der Waals surface area contributed by atoms with E-state index in [0.29, 0.717) is 30.1 Å². The van der Waals surface area contributed by atoms with Crippen LogP contribution in [-0.2, 0) is 19.1 Å². The molecular weight excluding hydrogens is 440 g/mol. The lowest BCUT2D eigenvalue weighted by atomic mass is 9.45. The van der Waals surface area contributed by atoms with Crippen molar-refractivity contribution in [2.24, 2.45) is 34.5 Å². The van der Waals surface area contributed by atoms with Gasteiger partial charge in [-0.15, -0.1) is 0 Å². The monoisotopic (exact) mass is 478 g/mol. The van der Waals surface area contributed by atoms with Crippen molar-refractivity contribution < 1.29 is 39.5 Å². The first-order chi connectivity index (χ1) is 16.0. The lowest BCUT2D eigenvalue weighted by Gasteiger charge is -2.60. The first kappa shape index (κ1) is 24.4. The van der Waals surface area contributed by atoms with Crippen LogP contribution in [0.5, 0.6) is 0 Å². The van der Waals surface area contributed by atoms with Gasteiger partial charge < -0.3 is 29.9 Å². The van der Waals surface area contributed by atoms with Crippen molar-refractivity contribution in [3.8, 4) is 0 Å². The highest BCUT2D eigenvalue weighted by Gasteiger charge is 2.61. The third-order valence-electron chi connectivity index (χ3n) is 10.6. The molecule has 0 bridgehead atoms. The number of ether oxygens (including phenoxy) is 2. The minimum atomic E-state index is -1.72. The van der Waals surface area contributed by atoms with Crippen LogP contribution in [0.15, 0.2) is 11.6 Å². The van der Waals surface area contributed by atoms with E-state index in [2.05, 4.69) is 20.8 Å². The Bertz CT molecular complexity index is 886. The summed E-state index contributed by atoms with van der Waals surface area (Å²) in [7, 11) is 0. The molecule has 8 nitrogen and oxygen atoms in total. The van der Waals surface area contributed by atoms with Crippen molar-refractivity contribution in [3.05, 3.63) is 11.6 Å². The quantitative estimate of drug-likeness (QED) is 0.484. The highest BCUT2D eigenvalue weighted by atomic mass is 16.7. The van der Waals surface area contributed by atoms with Gasteiger partial charge in [-0.3, -0.25) is 4.79 Å². The molecule has 8 heteroatoms. The Morgan fingerprint density at radius 3 is 2.47 bits per heavy atom. The van der Waals surface area contributed by atoms with Crippen LogP contribution in [-0.4, -0.2) is 69.0 Å². The number of aliphatic hydroxyl groups is 3. The first-order valence-corrected chi connectivity index (χ1v) is 12.8. The minimum absolute atomic E-state index is 0.0503. The fraction of sp³-hybridized carbons (Fsp3) is 0.846. The van der Waals surface area contributed by atoms with Crippen LogP contribution in [0.4, 0.5) is 0 Å². The number of aliphatic hydroxyl groups excluding tert-OH is 3. The summed E-state index contributed by atoms with van der Waals surface area (Å²) in [5.74, 6) is 0.759. The van der Waals surface area contributed by atoms with Crippen LogP contribution in [0.1, 0.15) is 65.7 Å². The van der Waals surface area contributed by atoms with Crippen LogP contribution in [0.2, 0.25) is 0 Å². The van der Waals surface area contributed by atoms with Crippen molar-refractivity contribution >= 4 is 11.8 Å². The Morgan fingerprint density at radius 1 is 1.03 bits per heavy atom. The molecular formula is C26H38O8. The molecule has 0 amide bonds. The summed E-state index contributed by atoms with van der Waals surface area (Å²) in [5.41, 5.74) is 1.13. The van der Waals surface area contributed by atoms with Gasteiger partial charge in [-0.25, -0.2) is 4.79 Å². The maximum absolute atomic E-state index is 12.2. The van der Waals surface area contributed by atoms with Crippen molar-refractivity contribution in [3.63, 3.8) is 0 Å². The summed E-state index contributed by atoms with van der Waals surface area (Å²) in [6.45, 7) is 6.73. The molecule has 5 rings (SSSR count). The van der Waals surface area contributed by atoms with E-state index in [4.69, 9.17) is 9.47 Å². The molecule has 0 spiro atoms. The van der Waals surface area contributed by atoms with Gasteiger partial charge in [0.25, 0.3) is 0 Å². The second-order valence-corrected chi connectivity index (χ2v) is 11.9. The summed E-state index contributed by atoms with van der Waals surface area (Å²) < 4.78 is 11.6. The molecule has 1 aliphatic heterocycles. The molecule has 12 atom stereocenters. The number of carboxylic acids is 1. The van der Waals surface area contributed by atoms with Crippen LogP contribution < -0.4 is 0 Å². The highest BCUT2D eigenvalue weighted by molar-refractivity contribution is 5.91. The Hall–Kier alpha value is -1.32. The third kappa shape index (κ3) is 3.44. The molecule has 0 unspecified atom stereocenters. The number of rotatable bonds is 3. The Balaban J connectivity index is 1.35. The van der Waals surface area contributed by atoms with Gasteiger partial charge in [0, 0.05) is 6.42 Å². The summed E-state index contributed by atoms with van der Waals surface area (Å²) in [5, 5.41) is 40.0. The van der Waals surface area contributed by atoms with E-state index in [1.807, 2.05) is 6.08 Å². The van der Waals surface area contributed by atoms with Crippen molar-refractivity contribution in [2.45, 2.75) is 103 Å². The molecule has 3 saturated carbocycles. The molecule has 4 aliphatic carbocycles. The van der Waals surface area contributed by atoms with E-state index >= 15 is 0 Å². The zero-order chi connectivity index (χ0) is 24.6. The molecule has 4 fully saturated rings. The SMILES string of the molecule is CC1=CC(=O)C[C@@H]2CC[C@H]3[C@@H]4CC[C@H](O[C@@H]5O[C@H](C(=O)O)[C@@H](O)[C@H](O)[C@H]5O)[C@@]4(C)CC[C@@H]3[C@@]12C. The van der Waals surface area contributed by atoms with Gasteiger partial charge in [0.15, 0.2) is 18.2 Å². The molecule has 1 saturated heterocycles. The number of carbonyl (C=O) groups excluding carboxylic acids is 1. The smallest absolute Gasteiger partial charge is 0.335 e. The van der Waals surface area contributed by atoms with Gasteiger partial charge in [0.2, 0.25) is 0 Å². The lowest BCUT2D eigenvalue weighted by Crippen LogP contribution is -2.61. The third-order valence-corrected chi connectivity index (χ3v) is 10.6. The van der Waals surface area contributed by atoms with Gasteiger partial charge in [-0.05, 0) is 86.0 Å². The van der Waals surface area contributed by atoms with E-state index < -0.39 is 36.7 Å². The van der Waals surface area contributed by atoms with Crippen LogP contribution in [0, 0.1) is 34.5 Å². The lowest BCUT2D eigenvalue weighted by molar-refractivity contribution is -0.313. The maximum Gasteiger partial charge on any atom is 0.335 e. The van der Waals surface area contributed by atoms with Gasteiger partial charge >= 0.3 is 5.97 Å². The molecule has 0 aromatic rings. The molecule has 5 aliphatic rings. The number of allylic oxidation sites excluding steroid dienone is 2. The number of hydrogen-bond acceptors (Lipinski definition) is 7. The standard InChI is InChI=1S/C26H38O8/c1-12-10-14(27)11-13-4-5-15-16-6-7-18(25(16,2)9-8-17(15)26(12,13)3)33-24-21(30)19(28)20(29)22(34-24)23(31)32/h10,13,15-22,24,28-30H,4-9,11H2,1-3H3,(H,31,32)/t13-,15-,16-,17-,18-,19-,20-,21+,22-,24+,25-,26-/m0/s1. The number of carboxylic acid groups (broad SMARTS) is 1. The highest BCUT2D eigenvalue weighted by Crippen LogP contribution is 2.66. The van der Waals surface area contributed by atoms with Crippen LogP contribution in [0.25, 0.3) is 0 Å². The normalized spacial score (nSPS) is 52.9. The Labute approximate surface area is 200 Å². The second-order valence-electron chi connectivity index (χ2n) is 11.9. The number of aliphatic carboxylic acids is 1.